The van der Waals surface area contributed by atoms with E-state index < -0.39 is 0 Å². The number of nitrogens with zero attached hydrogens (tertiary/aromatic N) is 3. The van der Waals surface area contributed by atoms with Crippen molar-refractivity contribution in [3.8, 4) is 6.07 Å². The molecule has 100 valence electrons. The molecule has 0 N–H and O–H groups in total. The lowest BCUT2D eigenvalue weighted by molar-refractivity contribution is 0.203. The Bertz CT molecular complexity index is 523. The SMILES string of the molecule is CC1CN2CCCC2CN1c1ccc(Br)cc1C#N. The Morgan fingerprint density at radius 1 is 1.37 bits per heavy atom. The first-order valence-corrected chi connectivity index (χ1v) is 7.68. The molecule has 2 aliphatic rings. The van der Waals surface area contributed by atoms with Gasteiger partial charge in [0.15, 0.2) is 0 Å². The number of hydrogen-bond acceptors (Lipinski definition) is 3. The molecule has 1 aromatic rings. The summed E-state index contributed by atoms with van der Waals surface area (Å²) in [5.41, 5.74) is 1.86. The van der Waals surface area contributed by atoms with E-state index in [9.17, 15) is 5.26 Å². The number of anilines is 1. The molecule has 2 fully saturated rings. The second-order valence-electron chi connectivity index (χ2n) is 5.57. The van der Waals surface area contributed by atoms with Crippen molar-refractivity contribution in [1.29, 1.82) is 5.26 Å². The summed E-state index contributed by atoms with van der Waals surface area (Å²) in [4.78, 5) is 5.02. The van der Waals surface area contributed by atoms with Crippen LogP contribution >= 0.6 is 15.9 Å². The number of piperazine rings is 1. The van der Waals surface area contributed by atoms with Crippen molar-refractivity contribution in [2.24, 2.45) is 0 Å². The van der Waals surface area contributed by atoms with E-state index in [1.165, 1.54) is 19.4 Å². The van der Waals surface area contributed by atoms with Crippen LogP contribution in [0.25, 0.3) is 0 Å². The van der Waals surface area contributed by atoms with E-state index in [0.29, 0.717) is 12.1 Å². The predicted octanol–water partition coefficient (Wildman–Crippen LogP) is 2.99. The highest BCUT2D eigenvalue weighted by molar-refractivity contribution is 9.10. The van der Waals surface area contributed by atoms with Crippen LogP contribution in [0.1, 0.15) is 25.3 Å². The fourth-order valence-corrected chi connectivity index (χ4v) is 3.73. The van der Waals surface area contributed by atoms with E-state index in [0.717, 1.165) is 28.8 Å². The van der Waals surface area contributed by atoms with E-state index in [4.69, 9.17) is 0 Å². The quantitative estimate of drug-likeness (QED) is 0.797. The molecule has 0 radical (unpaired) electrons. The van der Waals surface area contributed by atoms with Crippen molar-refractivity contribution in [2.45, 2.75) is 31.8 Å². The van der Waals surface area contributed by atoms with Crippen molar-refractivity contribution >= 4 is 21.6 Å². The number of benzene rings is 1. The van der Waals surface area contributed by atoms with Gasteiger partial charge in [0.25, 0.3) is 0 Å². The molecule has 2 aliphatic heterocycles. The Hall–Kier alpha value is -1.05. The van der Waals surface area contributed by atoms with Gasteiger partial charge >= 0.3 is 0 Å². The lowest BCUT2D eigenvalue weighted by Crippen LogP contribution is -2.55. The van der Waals surface area contributed by atoms with Crippen molar-refractivity contribution < 1.29 is 0 Å². The van der Waals surface area contributed by atoms with Crippen LogP contribution < -0.4 is 4.90 Å². The largest absolute Gasteiger partial charge is 0.365 e. The summed E-state index contributed by atoms with van der Waals surface area (Å²) in [6, 6.07) is 9.50. The highest BCUT2D eigenvalue weighted by Gasteiger charge is 2.35. The Labute approximate surface area is 122 Å². The Morgan fingerprint density at radius 3 is 3.00 bits per heavy atom. The van der Waals surface area contributed by atoms with Gasteiger partial charge in [0.1, 0.15) is 6.07 Å². The molecule has 2 saturated heterocycles. The molecule has 0 bridgehead atoms. The lowest BCUT2D eigenvalue weighted by atomic mass is 10.0. The second kappa shape index (κ2) is 5.15. The predicted molar refractivity (Wildman–Crippen MR) is 80.3 cm³/mol. The third-order valence-corrected chi connectivity index (χ3v) is 4.82. The van der Waals surface area contributed by atoms with E-state index in [1.54, 1.807) is 0 Å². The van der Waals surface area contributed by atoms with Crippen LogP contribution in [0.3, 0.4) is 0 Å². The van der Waals surface area contributed by atoms with Gasteiger partial charge in [0, 0.05) is 29.6 Å². The number of halogens is 1. The summed E-state index contributed by atoms with van der Waals surface area (Å²) >= 11 is 3.44. The van der Waals surface area contributed by atoms with Gasteiger partial charge in [-0.2, -0.15) is 5.26 Å². The van der Waals surface area contributed by atoms with Crippen LogP contribution in [-0.2, 0) is 0 Å². The monoisotopic (exact) mass is 319 g/mol. The van der Waals surface area contributed by atoms with Crippen LogP contribution in [0.4, 0.5) is 5.69 Å². The van der Waals surface area contributed by atoms with Crippen LogP contribution in [0.15, 0.2) is 22.7 Å². The minimum Gasteiger partial charge on any atom is -0.365 e. The summed E-state index contributed by atoms with van der Waals surface area (Å²) in [5.74, 6) is 0. The molecular weight excluding hydrogens is 302 g/mol. The van der Waals surface area contributed by atoms with Gasteiger partial charge in [-0.1, -0.05) is 15.9 Å². The highest BCUT2D eigenvalue weighted by atomic mass is 79.9. The van der Waals surface area contributed by atoms with Gasteiger partial charge in [-0.25, -0.2) is 0 Å². The first kappa shape index (κ1) is 13.0. The molecule has 2 unspecified atom stereocenters. The minimum absolute atomic E-state index is 0.475. The normalized spacial score (nSPS) is 27.1. The molecule has 0 aliphatic carbocycles. The fraction of sp³-hybridized carbons (Fsp3) is 0.533. The van der Waals surface area contributed by atoms with Crippen molar-refractivity contribution in [3.63, 3.8) is 0 Å². The molecule has 2 atom stereocenters. The van der Waals surface area contributed by atoms with Crippen LogP contribution in [0, 0.1) is 11.3 Å². The zero-order valence-corrected chi connectivity index (χ0v) is 12.7. The van der Waals surface area contributed by atoms with Gasteiger partial charge in [-0.15, -0.1) is 0 Å². The summed E-state index contributed by atoms with van der Waals surface area (Å²) < 4.78 is 0.972. The number of rotatable bonds is 1. The molecular formula is C15H18BrN3. The van der Waals surface area contributed by atoms with Crippen molar-refractivity contribution in [3.05, 3.63) is 28.2 Å². The summed E-state index contributed by atoms with van der Waals surface area (Å²) in [5, 5.41) is 9.34. The van der Waals surface area contributed by atoms with E-state index in [2.05, 4.69) is 44.8 Å². The Morgan fingerprint density at radius 2 is 2.21 bits per heavy atom. The van der Waals surface area contributed by atoms with Gasteiger partial charge < -0.3 is 4.90 Å². The maximum atomic E-state index is 9.34. The third kappa shape index (κ3) is 2.37. The van der Waals surface area contributed by atoms with Crippen LogP contribution in [-0.4, -0.2) is 36.6 Å². The molecule has 3 rings (SSSR count). The molecule has 3 nitrogen and oxygen atoms in total. The number of hydrogen-bond donors (Lipinski definition) is 0. The summed E-state index contributed by atoms with van der Waals surface area (Å²) in [7, 11) is 0. The highest BCUT2D eigenvalue weighted by Crippen LogP contribution is 2.31. The Balaban J connectivity index is 1.91. The average molecular weight is 320 g/mol. The second-order valence-corrected chi connectivity index (χ2v) is 6.48. The first-order chi connectivity index (χ1) is 9.19. The zero-order valence-electron chi connectivity index (χ0n) is 11.1. The topological polar surface area (TPSA) is 30.3 Å². The standard InChI is InChI=1S/C15H18BrN3/c1-11-9-18-6-2-3-14(18)10-19(11)15-5-4-13(16)7-12(15)8-17/h4-5,7,11,14H,2-3,6,9-10H2,1H3. The molecule has 1 aromatic carbocycles. The minimum atomic E-state index is 0.475. The third-order valence-electron chi connectivity index (χ3n) is 4.33. The molecule has 0 saturated carbocycles. The average Bonchev–Trinajstić information content (AvgIpc) is 2.85. The molecule has 0 aromatic heterocycles. The molecule has 0 spiro atoms. The van der Waals surface area contributed by atoms with Gasteiger partial charge in [-0.05, 0) is 44.5 Å². The number of nitriles is 1. The van der Waals surface area contributed by atoms with Crippen LogP contribution in [0.2, 0.25) is 0 Å². The zero-order chi connectivity index (χ0) is 13.4. The van der Waals surface area contributed by atoms with Gasteiger partial charge in [0.05, 0.1) is 11.3 Å². The molecule has 4 heteroatoms. The van der Waals surface area contributed by atoms with Gasteiger partial charge in [0.2, 0.25) is 0 Å². The Kier molecular flexibility index (Phi) is 3.51. The fourth-order valence-electron chi connectivity index (χ4n) is 3.37. The maximum absolute atomic E-state index is 9.34. The summed E-state index contributed by atoms with van der Waals surface area (Å²) in [6.45, 7) is 5.68. The van der Waals surface area contributed by atoms with E-state index in [-0.39, 0.29) is 0 Å². The molecule has 19 heavy (non-hydrogen) atoms. The number of fused-ring (bicyclic) bond motifs is 1. The molecule has 2 heterocycles. The van der Waals surface area contributed by atoms with Crippen LogP contribution in [0.5, 0.6) is 0 Å². The van der Waals surface area contributed by atoms with Crippen molar-refractivity contribution in [2.75, 3.05) is 24.5 Å². The smallest absolute Gasteiger partial charge is 0.101 e. The maximum Gasteiger partial charge on any atom is 0.101 e. The van der Waals surface area contributed by atoms with Gasteiger partial charge in [-0.3, -0.25) is 4.90 Å². The lowest BCUT2D eigenvalue weighted by Gasteiger charge is -2.44. The van der Waals surface area contributed by atoms with E-state index in [1.807, 2.05) is 12.1 Å². The first-order valence-electron chi connectivity index (χ1n) is 6.89. The summed E-state index contributed by atoms with van der Waals surface area (Å²) in [6.07, 6.45) is 2.61. The van der Waals surface area contributed by atoms with Crippen molar-refractivity contribution in [1.82, 2.24) is 4.90 Å². The van der Waals surface area contributed by atoms with E-state index >= 15 is 0 Å². The molecule has 0 amide bonds.